The fourth-order valence-electron chi connectivity index (χ4n) is 2.77. The predicted octanol–water partition coefficient (Wildman–Crippen LogP) is 0.949. The van der Waals surface area contributed by atoms with Gasteiger partial charge in [-0.2, -0.15) is 0 Å². The van der Waals surface area contributed by atoms with E-state index in [0.717, 1.165) is 26.1 Å². The lowest BCUT2D eigenvalue weighted by atomic mass is 9.96. The number of hydrogen-bond acceptors (Lipinski definition) is 4. The summed E-state index contributed by atoms with van der Waals surface area (Å²) in [6.45, 7) is 7.35. The van der Waals surface area contributed by atoms with Crippen LogP contribution in [0, 0.1) is 0 Å². The van der Waals surface area contributed by atoms with Gasteiger partial charge in [0.1, 0.15) is 0 Å². The van der Waals surface area contributed by atoms with Crippen molar-refractivity contribution < 1.29 is 9.90 Å². The summed E-state index contributed by atoms with van der Waals surface area (Å²) in [5.74, 6) is -0.872. The van der Waals surface area contributed by atoms with Crippen LogP contribution in [0.1, 0.15) is 26.2 Å². The van der Waals surface area contributed by atoms with Gasteiger partial charge < -0.3 is 20.6 Å². The number of nitrogens with one attached hydrogen (secondary N) is 2. The molecular weight excluding hydrogens is 254 g/mol. The lowest BCUT2D eigenvalue weighted by molar-refractivity contribution is -0.132. The number of likely N-dealkylation sites (tertiary alicyclic amines) is 1. The van der Waals surface area contributed by atoms with E-state index in [1.165, 1.54) is 25.9 Å². The molecule has 1 fully saturated rings. The van der Waals surface area contributed by atoms with Gasteiger partial charge in [0.25, 0.3) is 0 Å². The molecule has 0 radical (unpaired) electrons. The van der Waals surface area contributed by atoms with E-state index in [2.05, 4.69) is 15.5 Å². The zero-order chi connectivity index (χ0) is 14.4. The van der Waals surface area contributed by atoms with Crippen LogP contribution in [0.25, 0.3) is 0 Å². The maximum atomic E-state index is 11.0. The average molecular weight is 279 g/mol. The molecule has 5 nitrogen and oxygen atoms in total. The molecule has 1 unspecified atom stereocenters. The molecule has 1 atom stereocenters. The minimum atomic E-state index is -0.872. The van der Waals surface area contributed by atoms with E-state index in [4.69, 9.17) is 5.11 Å². The second-order valence-corrected chi connectivity index (χ2v) is 5.88. The Morgan fingerprint density at radius 1 is 1.50 bits per heavy atom. The number of rotatable bonds is 7. The van der Waals surface area contributed by atoms with Gasteiger partial charge in [-0.1, -0.05) is 0 Å². The maximum Gasteiger partial charge on any atom is 0.335 e. The number of hydrogen-bond donors (Lipinski definition) is 3. The van der Waals surface area contributed by atoms with Gasteiger partial charge in [-0.15, -0.1) is 0 Å². The Balaban J connectivity index is 1.67. The molecule has 112 valence electrons. The molecule has 2 aliphatic rings. The summed E-state index contributed by atoms with van der Waals surface area (Å²) in [4.78, 5) is 13.5. The molecule has 20 heavy (non-hydrogen) atoms. The largest absolute Gasteiger partial charge is 0.478 e. The van der Waals surface area contributed by atoms with Crippen LogP contribution in [0.15, 0.2) is 23.9 Å². The molecule has 0 saturated carbocycles. The number of dihydropyridines is 1. The molecule has 0 aromatic rings. The standard InChI is InChI=1S/C15H25N3O2/c1-15(11-13(14(19)20)5-7-17-15)12-16-6-4-10-18-8-2-3-9-18/h5,7,11,16-17H,2-4,6,8-10,12H2,1H3,(H,19,20). The van der Waals surface area contributed by atoms with Gasteiger partial charge in [-0.05, 0) is 70.7 Å². The Morgan fingerprint density at radius 2 is 2.25 bits per heavy atom. The zero-order valence-electron chi connectivity index (χ0n) is 12.2. The highest BCUT2D eigenvalue weighted by Crippen LogP contribution is 2.14. The van der Waals surface area contributed by atoms with Crippen molar-refractivity contribution in [1.29, 1.82) is 0 Å². The smallest absolute Gasteiger partial charge is 0.335 e. The van der Waals surface area contributed by atoms with Gasteiger partial charge in [0.15, 0.2) is 0 Å². The third-order valence-electron chi connectivity index (χ3n) is 3.92. The van der Waals surface area contributed by atoms with Crippen LogP contribution in [0.3, 0.4) is 0 Å². The SMILES string of the molecule is CC1(CNCCCN2CCCC2)C=C(C(=O)O)C=CN1. The Hall–Kier alpha value is -1.33. The van der Waals surface area contributed by atoms with E-state index in [1.54, 1.807) is 18.4 Å². The van der Waals surface area contributed by atoms with E-state index in [1.807, 2.05) is 6.92 Å². The second-order valence-electron chi connectivity index (χ2n) is 5.88. The van der Waals surface area contributed by atoms with E-state index in [9.17, 15) is 4.79 Å². The molecule has 0 aromatic heterocycles. The summed E-state index contributed by atoms with van der Waals surface area (Å²) in [7, 11) is 0. The first kappa shape index (κ1) is 15.1. The predicted molar refractivity (Wildman–Crippen MR) is 79.6 cm³/mol. The quantitative estimate of drug-likeness (QED) is 0.606. The highest BCUT2D eigenvalue weighted by atomic mass is 16.4. The van der Waals surface area contributed by atoms with Crippen LogP contribution >= 0.6 is 0 Å². The first-order valence-electron chi connectivity index (χ1n) is 7.43. The van der Waals surface area contributed by atoms with Crippen molar-refractivity contribution in [2.45, 2.75) is 31.7 Å². The van der Waals surface area contributed by atoms with Crippen LogP contribution in [-0.2, 0) is 4.79 Å². The summed E-state index contributed by atoms with van der Waals surface area (Å²) in [6, 6.07) is 0. The third-order valence-corrected chi connectivity index (χ3v) is 3.92. The van der Waals surface area contributed by atoms with Crippen molar-refractivity contribution in [2.75, 3.05) is 32.7 Å². The Bertz CT molecular complexity index is 400. The molecule has 0 aliphatic carbocycles. The molecule has 0 aromatic carbocycles. The van der Waals surface area contributed by atoms with Crippen molar-refractivity contribution in [2.24, 2.45) is 0 Å². The Kier molecular flexibility index (Phi) is 5.20. The number of aliphatic carboxylic acids is 1. The van der Waals surface area contributed by atoms with Gasteiger partial charge in [0.2, 0.25) is 0 Å². The fourth-order valence-corrected chi connectivity index (χ4v) is 2.77. The summed E-state index contributed by atoms with van der Waals surface area (Å²) in [6.07, 6.45) is 8.91. The first-order valence-corrected chi connectivity index (χ1v) is 7.43. The molecule has 2 heterocycles. The topological polar surface area (TPSA) is 64.6 Å². The Labute approximate surface area is 120 Å². The average Bonchev–Trinajstić information content (AvgIpc) is 2.91. The van der Waals surface area contributed by atoms with Crippen molar-refractivity contribution in [3.05, 3.63) is 23.9 Å². The van der Waals surface area contributed by atoms with Crippen LogP contribution in [-0.4, -0.2) is 54.2 Å². The lowest BCUT2D eigenvalue weighted by Gasteiger charge is -2.30. The van der Waals surface area contributed by atoms with E-state index in [-0.39, 0.29) is 5.54 Å². The summed E-state index contributed by atoms with van der Waals surface area (Å²) < 4.78 is 0. The van der Waals surface area contributed by atoms with E-state index in [0.29, 0.717) is 5.57 Å². The lowest BCUT2D eigenvalue weighted by Crippen LogP contribution is -2.48. The number of carbonyl (C=O) groups is 1. The van der Waals surface area contributed by atoms with Gasteiger partial charge in [-0.25, -0.2) is 4.79 Å². The van der Waals surface area contributed by atoms with Crippen molar-refractivity contribution in [3.8, 4) is 0 Å². The van der Waals surface area contributed by atoms with Crippen LogP contribution < -0.4 is 10.6 Å². The molecule has 0 amide bonds. The number of carboxylic acids is 1. The molecule has 0 spiro atoms. The molecule has 3 N–H and O–H groups in total. The highest BCUT2D eigenvalue weighted by Gasteiger charge is 2.24. The van der Waals surface area contributed by atoms with Crippen LogP contribution in [0.4, 0.5) is 0 Å². The van der Waals surface area contributed by atoms with E-state index >= 15 is 0 Å². The first-order chi connectivity index (χ1) is 9.59. The van der Waals surface area contributed by atoms with Gasteiger partial charge >= 0.3 is 5.97 Å². The van der Waals surface area contributed by atoms with E-state index < -0.39 is 5.97 Å². The minimum Gasteiger partial charge on any atom is -0.478 e. The zero-order valence-corrected chi connectivity index (χ0v) is 12.2. The summed E-state index contributed by atoms with van der Waals surface area (Å²) in [5, 5.41) is 15.7. The molecule has 5 heteroatoms. The van der Waals surface area contributed by atoms with Gasteiger partial charge in [0, 0.05) is 6.54 Å². The summed E-state index contributed by atoms with van der Waals surface area (Å²) >= 11 is 0. The molecule has 2 aliphatic heterocycles. The molecule has 0 bridgehead atoms. The number of nitrogens with zero attached hydrogens (tertiary/aromatic N) is 1. The van der Waals surface area contributed by atoms with Crippen molar-refractivity contribution >= 4 is 5.97 Å². The molecule has 2 rings (SSSR count). The third kappa shape index (κ3) is 4.35. The van der Waals surface area contributed by atoms with Crippen molar-refractivity contribution in [1.82, 2.24) is 15.5 Å². The van der Waals surface area contributed by atoms with Crippen molar-refractivity contribution in [3.63, 3.8) is 0 Å². The Morgan fingerprint density at radius 3 is 2.95 bits per heavy atom. The molecular formula is C15H25N3O2. The van der Waals surface area contributed by atoms with Crippen LogP contribution in [0.2, 0.25) is 0 Å². The van der Waals surface area contributed by atoms with Gasteiger partial charge in [-0.3, -0.25) is 0 Å². The van der Waals surface area contributed by atoms with Crippen LogP contribution in [0.5, 0.6) is 0 Å². The second kappa shape index (κ2) is 6.90. The maximum absolute atomic E-state index is 11.0. The molecule has 1 saturated heterocycles. The minimum absolute atomic E-state index is 0.323. The highest BCUT2D eigenvalue weighted by molar-refractivity contribution is 5.90. The monoisotopic (exact) mass is 279 g/mol. The summed E-state index contributed by atoms with van der Waals surface area (Å²) in [5.41, 5.74) is 0.0287. The number of carboxylic acid groups (broad SMARTS) is 1. The fraction of sp³-hybridized carbons (Fsp3) is 0.667. The normalized spacial score (nSPS) is 26.4. The van der Waals surface area contributed by atoms with Gasteiger partial charge in [0.05, 0.1) is 11.1 Å².